The number of hydrogen-bond acceptors (Lipinski definition) is 1. The number of halogens is 4. The highest BCUT2D eigenvalue weighted by molar-refractivity contribution is 9.10. The molecule has 6 heteroatoms. The molecule has 104 valence electrons. The molecule has 1 aromatic heterocycles. The highest BCUT2D eigenvalue weighted by atomic mass is 79.9. The predicted molar refractivity (Wildman–Crippen MR) is 71.1 cm³/mol. The molecule has 0 aliphatic carbocycles. The smallest absolute Gasteiger partial charge is 0.372 e. The molecule has 0 saturated carbocycles. The van der Waals surface area contributed by atoms with E-state index >= 15 is 0 Å². The monoisotopic (exact) mass is 335 g/mol. The molecule has 0 aliphatic rings. The van der Waals surface area contributed by atoms with E-state index in [-0.39, 0.29) is 6.61 Å². The Morgan fingerprint density at radius 2 is 2.00 bits per heavy atom. The van der Waals surface area contributed by atoms with E-state index in [1.807, 2.05) is 35.0 Å². The van der Waals surface area contributed by atoms with Crippen LogP contribution in [0.25, 0.3) is 10.9 Å². The van der Waals surface area contributed by atoms with E-state index in [1.165, 1.54) is 0 Å². The van der Waals surface area contributed by atoms with Gasteiger partial charge in [-0.15, -0.1) is 0 Å². The Kier molecular flexibility index (Phi) is 4.52. The van der Waals surface area contributed by atoms with Crippen LogP contribution in [0.1, 0.15) is 6.42 Å². The number of ether oxygens (including phenoxy) is 1. The standard InChI is InChI=1S/C13H13BrF3NO/c14-11-3-1-4-12-10(11)5-7-18(12)6-2-8-19-9-13(15,16)17/h1,3-5,7H,2,6,8-9H2. The summed E-state index contributed by atoms with van der Waals surface area (Å²) in [5.41, 5.74) is 1.06. The Morgan fingerprint density at radius 1 is 1.21 bits per heavy atom. The molecule has 0 saturated heterocycles. The fourth-order valence-corrected chi connectivity index (χ4v) is 2.39. The van der Waals surface area contributed by atoms with Gasteiger partial charge < -0.3 is 9.30 Å². The number of aromatic nitrogens is 1. The third-order valence-electron chi connectivity index (χ3n) is 2.71. The Labute approximate surface area is 117 Å². The van der Waals surface area contributed by atoms with Crippen LogP contribution in [-0.2, 0) is 11.3 Å². The first-order valence-corrected chi connectivity index (χ1v) is 6.64. The zero-order chi connectivity index (χ0) is 13.9. The van der Waals surface area contributed by atoms with Gasteiger partial charge in [0.25, 0.3) is 0 Å². The second kappa shape index (κ2) is 5.96. The van der Waals surface area contributed by atoms with Crippen molar-refractivity contribution in [1.82, 2.24) is 4.57 Å². The number of nitrogens with zero attached hydrogens (tertiary/aromatic N) is 1. The lowest BCUT2D eigenvalue weighted by atomic mass is 10.2. The summed E-state index contributed by atoms with van der Waals surface area (Å²) in [6, 6.07) is 7.86. The average molecular weight is 336 g/mol. The second-order valence-corrected chi connectivity index (χ2v) is 5.06. The fraction of sp³-hybridized carbons (Fsp3) is 0.385. The van der Waals surface area contributed by atoms with Gasteiger partial charge in [0.05, 0.1) is 0 Å². The van der Waals surface area contributed by atoms with Crippen molar-refractivity contribution in [3.63, 3.8) is 0 Å². The van der Waals surface area contributed by atoms with Crippen LogP contribution in [0.4, 0.5) is 13.2 Å². The molecule has 0 bridgehead atoms. The van der Waals surface area contributed by atoms with Gasteiger partial charge in [-0.1, -0.05) is 22.0 Å². The van der Waals surface area contributed by atoms with Crippen LogP contribution in [0.2, 0.25) is 0 Å². The number of rotatable bonds is 5. The van der Waals surface area contributed by atoms with E-state index in [4.69, 9.17) is 0 Å². The minimum atomic E-state index is -4.25. The maximum atomic E-state index is 11.9. The number of fused-ring (bicyclic) bond motifs is 1. The van der Waals surface area contributed by atoms with E-state index in [9.17, 15) is 13.2 Å². The zero-order valence-electron chi connectivity index (χ0n) is 10.1. The summed E-state index contributed by atoms with van der Waals surface area (Å²) in [7, 11) is 0. The lowest BCUT2D eigenvalue weighted by Gasteiger charge is -2.08. The van der Waals surface area contributed by atoms with Gasteiger partial charge in [-0.25, -0.2) is 0 Å². The average Bonchev–Trinajstić information content (AvgIpc) is 2.72. The van der Waals surface area contributed by atoms with Crippen molar-refractivity contribution in [2.45, 2.75) is 19.1 Å². The predicted octanol–water partition coefficient (Wildman–Crippen LogP) is 4.37. The molecule has 0 spiro atoms. The largest absolute Gasteiger partial charge is 0.411 e. The highest BCUT2D eigenvalue weighted by Crippen LogP contribution is 2.24. The summed E-state index contributed by atoms with van der Waals surface area (Å²) >= 11 is 3.46. The van der Waals surface area contributed by atoms with Crippen LogP contribution in [-0.4, -0.2) is 24.0 Å². The van der Waals surface area contributed by atoms with Gasteiger partial charge >= 0.3 is 6.18 Å². The van der Waals surface area contributed by atoms with Crippen LogP contribution in [0.5, 0.6) is 0 Å². The first-order chi connectivity index (χ1) is 8.97. The van der Waals surface area contributed by atoms with Crippen LogP contribution < -0.4 is 0 Å². The molecule has 0 N–H and O–H groups in total. The van der Waals surface area contributed by atoms with Gasteiger partial charge in [0.1, 0.15) is 6.61 Å². The van der Waals surface area contributed by atoms with Gasteiger partial charge in [-0.05, 0) is 24.6 Å². The quantitative estimate of drug-likeness (QED) is 0.740. The van der Waals surface area contributed by atoms with Gasteiger partial charge in [0.15, 0.2) is 0 Å². The molecule has 0 fully saturated rings. The summed E-state index contributed by atoms with van der Waals surface area (Å²) in [6.45, 7) is -0.435. The Hall–Kier alpha value is -1.01. The van der Waals surface area contributed by atoms with Crippen LogP contribution in [0.3, 0.4) is 0 Å². The van der Waals surface area contributed by atoms with Crippen molar-refractivity contribution in [3.8, 4) is 0 Å². The van der Waals surface area contributed by atoms with Crippen molar-refractivity contribution in [3.05, 3.63) is 34.9 Å². The van der Waals surface area contributed by atoms with E-state index in [2.05, 4.69) is 20.7 Å². The summed E-state index contributed by atoms with van der Waals surface area (Å²) < 4.78 is 43.2. The maximum absolute atomic E-state index is 11.9. The number of hydrogen-bond donors (Lipinski definition) is 0. The van der Waals surface area contributed by atoms with Gasteiger partial charge in [-0.3, -0.25) is 0 Å². The molecule has 2 aromatic rings. The normalized spacial score (nSPS) is 12.2. The third-order valence-corrected chi connectivity index (χ3v) is 3.41. The summed E-state index contributed by atoms with van der Waals surface area (Å²) in [6.07, 6.45) is -1.77. The molecule has 0 unspecified atom stereocenters. The molecule has 1 aromatic carbocycles. The molecule has 0 amide bonds. The topological polar surface area (TPSA) is 14.2 Å². The molecule has 19 heavy (non-hydrogen) atoms. The van der Waals surface area contributed by atoms with Crippen molar-refractivity contribution in [2.75, 3.05) is 13.2 Å². The number of benzene rings is 1. The maximum Gasteiger partial charge on any atom is 0.411 e. The van der Waals surface area contributed by atoms with Crippen molar-refractivity contribution < 1.29 is 17.9 Å². The van der Waals surface area contributed by atoms with Crippen LogP contribution >= 0.6 is 15.9 Å². The summed E-state index contributed by atoms with van der Waals surface area (Å²) in [5, 5.41) is 1.10. The van der Waals surface area contributed by atoms with Gasteiger partial charge in [0.2, 0.25) is 0 Å². The fourth-order valence-electron chi connectivity index (χ4n) is 1.91. The van der Waals surface area contributed by atoms with Gasteiger partial charge in [-0.2, -0.15) is 13.2 Å². The number of aryl methyl sites for hydroxylation is 1. The van der Waals surface area contributed by atoms with E-state index in [1.54, 1.807) is 0 Å². The molecular weight excluding hydrogens is 323 g/mol. The lowest BCUT2D eigenvalue weighted by molar-refractivity contribution is -0.174. The van der Waals surface area contributed by atoms with Crippen molar-refractivity contribution >= 4 is 26.8 Å². The molecule has 2 nitrogen and oxygen atoms in total. The Bertz CT molecular complexity index is 550. The first kappa shape index (κ1) is 14.4. The van der Waals surface area contributed by atoms with Crippen molar-refractivity contribution in [2.24, 2.45) is 0 Å². The first-order valence-electron chi connectivity index (χ1n) is 5.85. The number of alkyl halides is 3. The van der Waals surface area contributed by atoms with Gasteiger partial charge in [0, 0.05) is 34.7 Å². The minimum Gasteiger partial charge on any atom is -0.372 e. The lowest BCUT2D eigenvalue weighted by Crippen LogP contribution is -2.17. The SMILES string of the molecule is FC(F)(F)COCCCn1ccc2c(Br)cccc21. The van der Waals surface area contributed by atoms with Crippen LogP contribution in [0.15, 0.2) is 34.9 Å². The summed E-state index contributed by atoms with van der Waals surface area (Å²) in [4.78, 5) is 0. The minimum absolute atomic E-state index is 0.104. The molecular formula is C13H13BrF3NO. The summed E-state index contributed by atoms with van der Waals surface area (Å²) in [5.74, 6) is 0. The zero-order valence-corrected chi connectivity index (χ0v) is 11.7. The second-order valence-electron chi connectivity index (χ2n) is 4.20. The molecule has 0 aliphatic heterocycles. The van der Waals surface area contributed by atoms with E-state index < -0.39 is 12.8 Å². The molecule has 0 radical (unpaired) electrons. The van der Waals surface area contributed by atoms with E-state index in [0.29, 0.717) is 13.0 Å². The Morgan fingerprint density at radius 3 is 2.74 bits per heavy atom. The van der Waals surface area contributed by atoms with E-state index in [0.717, 1.165) is 15.4 Å². The van der Waals surface area contributed by atoms with Crippen LogP contribution in [0, 0.1) is 0 Å². The molecule has 2 rings (SSSR count). The van der Waals surface area contributed by atoms with Crippen molar-refractivity contribution in [1.29, 1.82) is 0 Å². The molecule has 0 atom stereocenters. The molecule has 1 heterocycles. The highest BCUT2D eigenvalue weighted by Gasteiger charge is 2.27. The third kappa shape index (κ3) is 3.98. The Balaban J connectivity index is 1.87.